The van der Waals surface area contributed by atoms with Crippen LogP contribution in [0.3, 0.4) is 0 Å². The van der Waals surface area contributed by atoms with Crippen molar-refractivity contribution in [1.29, 1.82) is 0 Å². The van der Waals surface area contributed by atoms with E-state index >= 15 is 0 Å². The van der Waals surface area contributed by atoms with E-state index in [1.807, 2.05) is 0 Å². The highest BCUT2D eigenvalue weighted by molar-refractivity contribution is 5.89. The van der Waals surface area contributed by atoms with E-state index in [0.717, 1.165) is 19.3 Å². The van der Waals surface area contributed by atoms with Gasteiger partial charge in [-0.1, -0.05) is 20.8 Å². The van der Waals surface area contributed by atoms with Crippen molar-refractivity contribution < 1.29 is 4.79 Å². The van der Waals surface area contributed by atoms with E-state index in [0.29, 0.717) is 17.1 Å². The average Bonchev–Trinajstić information content (AvgIpc) is 2.36. The van der Waals surface area contributed by atoms with Gasteiger partial charge in [-0.3, -0.25) is 4.79 Å². The molecule has 68 valence electrons. The molecule has 0 aromatic heterocycles. The van der Waals surface area contributed by atoms with E-state index in [1.165, 1.54) is 6.42 Å². The third-order valence-electron chi connectivity index (χ3n) is 4.74. The molecular formula is C11H18O. The predicted molar refractivity (Wildman–Crippen MR) is 48.9 cm³/mol. The second kappa shape index (κ2) is 2.12. The van der Waals surface area contributed by atoms with Gasteiger partial charge in [0.05, 0.1) is 0 Å². The Labute approximate surface area is 74.5 Å². The molecule has 0 radical (unpaired) electrons. The van der Waals surface area contributed by atoms with Crippen LogP contribution >= 0.6 is 0 Å². The van der Waals surface area contributed by atoms with Crippen molar-refractivity contribution in [2.45, 2.75) is 46.5 Å². The van der Waals surface area contributed by atoms with Crippen LogP contribution in [-0.2, 0) is 4.79 Å². The van der Waals surface area contributed by atoms with Gasteiger partial charge in [-0.15, -0.1) is 0 Å². The van der Waals surface area contributed by atoms with Crippen LogP contribution in [0.1, 0.15) is 46.5 Å². The first-order valence-corrected chi connectivity index (χ1v) is 5.08. The van der Waals surface area contributed by atoms with Crippen LogP contribution in [0.4, 0.5) is 0 Å². The smallest absolute Gasteiger partial charge is 0.139 e. The fourth-order valence-corrected chi connectivity index (χ4v) is 3.60. The number of Topliss-reactive ketones (excluding diaryl/α,β-unsaturated/α-hetero) is 1. The summed E-state index contributed by atoms with van der Waals surface area (Å²) >= 11 is 0. The Hall–Kier alpha value is -0.330. The summed E-state index contributed by atoms with van der Waals surface area (Å²) in [5.41, 5.74) is 0.358. The van der Waals surface area contributed by atoms with Crippen LogP contribution < -0.4 is 0 Å². The second-order valence-electron chi connectivity index (χ2n) is 5.02. The minimum Gasteiger partial charge on any atom is -0.299 e. The SMILES string of the molecule is CC[C@]12CCC(CC1=O)C2(C)C. The fraction of sp³-hybridized carbons (Fsp3) is 0.909. The molecule has 0 amide bonds. The lowest BCUT2D eigenvalue weighted by Gasteiger charge is -2.35. The van der Waals surface area contributed by atoms with Crippen molar-refractivity contribution >= 4 is 5.78 Å². The Balaban J connectivity index is 2.46. The van der Waals surface area contributed by atoms with Gasteiger partial charge in [-0.05, 0) is 30.6 Å². The topological polar surface area (TPSA) is 17.1 Å². The van der Waals surface area contributed by atoms with Crippen LogP contribution in [0.5, 0.6) is 0 Å². The zero-order chi connectivity index (χ0) is 8.98. The number of hydrogen-bond acceptors (Lipinski definition) is 1. The molecular weight excluding hydrogens is 148 g/mol. The molecule has 2 atom stereocenters. The van der Waals surface area contributed by atoms with Crippen molar-refractivity contribution in [3.8, 4) is 0 Å². The third-order valence-corrected chi connectivity index (χ3v) is 4.74. The first-order valence-electron chi connectivity index (χ1n) is 5.08. The summed E-state index contributed by atoms with van der Waals surface area (Å²) in [4.78, 5) is 11.8. The Bertz CT molecular complexity index is 229. The predicted octanol–water partition coefficient (Wildman–Crippen LogP) is 2.79. The molecule has 0 saturated heterocycles. The quantitative estimate of drug-likeness (QED) is 0.585. The Morgan fingerprint density at radius 1 is 1.50 bits per heavy atom. The van der Waals surface area contributed by atoms with Crippen LogP contribution in [0.25, 0.3) is 0 Å². The molecule has 2 fully saturated rings. The number of ketones is 1. The largest absolute Gasteiger partial charge is 0.299 e. The highest BCUT2D eigenvalue weighted by Gasteiger charge is 2.62. The van der Waals surface area contributed by atoms with Crippen LogP contribution in [0, 0.1) is 16.7 Å². The van der Waals surface area contributed by atoms with E-state index in [1.54, 1.807) is 0 Å². The maximum atomic E-state index is 11.8. The number of carbonyl (C=O) groups is 1. The highest BCUT2D eigenvalue weighted by Crippen LogP contribution is 2.65. The molecule has 0 aliphatic heterocycles. The Kier molecular flexibility index (Phi) is 1.47. The van der Waals surface area contributed by atoms with E-state index in [4.69, 9.17) is 0 Å². The number of fused-ring (bicyclic) bond motifs is 2. The summed E-state index contributed by atoms with van der Waals surface area (Å²) in [6, 6.07) is 0. The van der Waals surface area contributed by atoms with Crippen LogP contribution in [0.15, 0.2) is 0 Å². The molecule has 1 nitrogen and oxygen atoms in total. The van der Waals surface area contributed by atoms with Gasteiger partial charge in [0.15, 0.2) is 0 Å². The van der Waals surface area contributed by atoms with Gasteiger partial charge in [0, 0.05) is 11.8 Å². The standard InChI is InChI=1S/C11H18O/c1-4-11-6-5-8(7-9(11)12)10(11,2)3/h8H,4-7H2,1-3H3/t8?,11-/m0/s1. The van der Waals surface area contributed by atoms with E-state index in [9.17, 15) is 4.79 Å². The molecule has 2 aliphatic carbocycles. The van der Waals surface area contributed by atoms with Gasteiger partial charge in [0.1, 0.15) is 5.78 Å². The van der Waals surface area contributed by atoms with Gasteiger partial charge in [0.25, 0.3) is 0 Å². The lowest BCUT2D eigenvalue weighted by molar-refractivity contribution is -0.129. The molecule has 0 aromatic carbocycles. The van der Waals surface area contributed by atoms with Crippen LogP contribution in [-0.4, -0.2) is 5.78 Å². The summed E-state index contributed by atoms with van der Waals surface area (Å²) in [6.45, 7) is 6.76. The van der Waals surface area contributed by atoms with Gasteiger partial charge in [-0.25, -0.2) is 0 Å². The third kappa shape index (κ3) is 0.641. The first-order chi connectivity index (χ1) is 5.54. The van der Waals surface area contributed by atoms with Gasteiger partial charge >= 0.3 is 0 Å². The monoisotopic (exact) mass is 166 g/mol. The molecule has 12 heavy (non-hydrogen) atoms. The average molecular weight is 166 g/mol. The van der Waals surface area contributed by atoms with Crippen molar-refractivity contribution in [2.24, 2.45) is 16.7 Å². The number of carbonyl (C=O) groups excluding carboxylic acids is 1. The minimum atomic E-state index is 0.0671. The first kappa shape index (κ1) is 8.28. The summed E-state index contributed by atoms with van der Waals surface area (Å²) in [7, 11) is 0. The molecule has 2 saturated carbocycles. The van der Waals surface area contributed by atoms with Gasteiger partial charge in [-0.2, -0.15) is 0 Å². The Morgan fingerprint density at radius 2 is 2.17 bits per heavy atom. The lowest BCUT2D eigenvalue weighted by Crippen LogP contribution is -2.34. The summed E-state index contributed by atoms with van der Waals surface area (Å²) in [6.07, 6.45) is 4.35. The van der Waals surface area contributed by atoms with E-state index in [2.05, 4.69) is 20.8 Å². The molecule has 2 bridgehead atoms. The Morgan fingerprint density at radius 3 is 2.42 bits per heavy atom. The maximum absolute atomic E-state index is 11.8. The highest BCUT2D eigenvalue weighted by atomic mass is 16.1. The van der Waals surface area contributed by atoms with Gasteiger partial charge in [0.2, 0.25) is 0 Å². The van der Waals surface area contributed by atoms with Crippen molar-refractivity contribution in [3.63, 3.8) is 0 Å². The molecule has 2 aliphatic rings. The molecule has 0 N–H and O–H groups in total. The lowest BCUT2D eigenvalue weighted by atomic mass is 9.67. The number of rotatable bonds is 1. The summed E-state index contributed by atoms with van der Waals surface area (Å²) < 4.78 is 0. The maximum Gasteiger partial charge on any atom is 0.139 e. The zero-order valence-corrected chi connectivity index (χ0v) is 8.31. The minimum absolute atomic E-state index is 0.0671. The van der Waals surface area contributed by atoms with E-state index in [-0.39, 0.29) is 5.41 Å². The summed E-state index contributed by atoms with van der Waals surface area (Å²) in [5.74, 6) is 1.23. The normalized spacial score (nSPS) is 43.9. The van der Waals surface area contributed by atoms with Crippen LogP contribution in [0.2, 0.25) is 0 Å². The van der Waals surface area contributed by atoms with Crippen molar-refractivity contribution in [2.75, 3.05) is 0 Å². The molecule has 0 spiro atoms. The molecule has 2 rings (SSSR count). The molecule has 0 aromatic rings. The molecule has 0 heterocycles. The fourth-order valence-electron chi connectivity index (χ4n) is 3.60. The molecule has 1 unspecified atom stereocenters. The van der Waals surface area contributed by atoms with Crippen molar-refractivity contribution in [1.82, 2.24) is 0 Å². The summed E-state index contributed by atoms with van der Waals surface area (Å²) in [5, 5.41) is 0. The number of hydrogen-bond donors (Lipinski definition) is 0. The van der Waals surface area contributed by atoms with Crippen molar-refractivity contribution in [3.05, 3.63) is 0 Å². The van der Waals surface area contributed by atoms with Gasteiger partial charge < -0.3 is 0 Å². The second-order valence-corrected chi connectivity index (χ2v) is 5.02. The molecule has 1 heteroatoms. The van der Waals surface area contributed by atoms with E-state index < -0.39 is 0 Å². The zero-order valence-electron chi connectivity index (χ0n) is 8.31.